The van der Waals surface area contributed by atoms with E-state index in [4.69, 9.17) is 0 Å². The van der Waals surface area contributed by atoms with Crippen molar-refractivity contribution in [1.29, 1.82) is 0 Å². The van der Waals surface area contributed by atoms with Crippen LogP contribution in [0.25, 0.3) is 10.9 Å². The van der Waals surface area contributed by atoms with E-state index >= 15 is 0 Å². The smallest absolute Gasteiger partial charge is 0.270 e. The van der Waals surface area contributed by atoms with Gasteiger partial charge in [0.1, 0.15) is 0 Å². The number of hydrogen-bond acceptors (Lipinski definition) is 3. The molecular weight excluding hydrogens is 232 g/mol. The molecule has 0 aliphatic carbocycles. The lowest BCUT2D eigenvalue weighted by molar-refractivity contribution is -0.384. The Labute approximate surface area is 105 Å². The van der Waals surface area contributed by atoms with Gasteiger partial charge < -0.3 is 9.67 Å². The van der Waals surface area contributed by atoms with Crippen LogP contribution in [0, 0.1) is 10.1 Å². The molecule has 0 aliphatic heterocycles. The van der Waals surface area contributed by atoms with E-state index in [0.717, 1.165) is 10.9 Å². The topological polar surface area (TPSA) is 68.3 Å². The Balaban J connectivity index is 2.29. The molecule has 0 radical (unpaired) electrons. The molecule has 0 saturated heterocycles. The largest absolute Gasteiger partial charge is 0.390 e. The molecule has 0 spiro atoms. The number of rotatable bonds is 4. The second kappa shape index (κ2) is 4.42. The number of nitrogens with zero attached hydrogens (tertiary/aromatic N) is 2. The fourth-order valence-electron chi connectivity index (χ4n) is 1.89. The predicted octanol–water partition coefficient (Wildman–Crippen LogP) is 2.71. The summed E-state index contributed by atoms with van der Waals surface area (Å²) in [5.41, 5.74) is 0.338. The average Bonchev–Trinajstić information content (AvgIpc) is 2.67. The first kappa shape index (κ1) is 12.6. The van der Waals surface area contributed by atoms with Crippen LogP contribution in [-0.4, -0.2) is 20.2 Å². The minimum atomic E-state index is -0.711. The zero-order valence-corrected chi connectivity index (χ0v) is 10.5. The molecule has 2 rings (SSSR count). The lowest BCUT2D eigenvalue weighted by atomic mass is 10.1. The molecule has 1 N–H and O–H groups in total. The number of fused-ring (bicyclic) bond motifs is 1. The summed E-state index contributed by atoms with van der Waals surface area (Å²) in [4.78, 5) is 10.3. The minimum Gasteiger partial charge on any atom is -0.390 e. The molecule has 5 nitrogen and oxygen atoms in total. The zero-order chi connectivity index (χ0) is 13.3. The highest BCUT2D eigenvalue weighted by Crippen LogP contribution is 2.22. The molecule has 1 aromatic carbocycles. The summed E-state index contributed by atoms with van der Waals surface area (Å²) in [7, 11) is 0. The lowest BCUT2D eigenvalue weighted by Crippen LogP contribution is -2.20. The van der Waals surface area contributed by atoms with Gasteiger partial charge in [-0.1, -0.05) is 0 Å². The number of aromatic nitrogens is 1. The Morgan fingerprint density at radius 2 is 2.11 bits per heavy atom. The van der Waals surface area contributed by atoms with Gasteiger partial charge in [0.05, 0.1) is 10.5 Å². The molecule has 0 amide bonds. The quantitative estimate of drug-likeness (QED) is 0.668. The first-order valence-electron chi connectivity index (χ1n) is 5.82. The van der Waals surface area contributed by atoms with E-state index in [-0.39, 0.29) is 5.69 Å². The molecule has 96 valence electrons. The Bertz CT molecular complexity index is 581. The summed E-state index contributed by atoms with van der Waals surface area (Å²) < 4.78 is 2.00. The Morgan fingerprint density at radius 1 is 1.39 bits per heavy atom. The van der Waals surface area contributed by atoms with Crippen molar-refractivity contribution in [3.05, 3.63) is 40.6 Å². The molecule has 5 heteroatoms. The van der Waals surface area contributed by atoms with Crippen molar-refractivity contribution in [2.45, 2.75) is 32.4 Å². The fourth-order valence-corrected chi connectivity index (χ4v) is 1.89. The lowest BCUT2D eigenvalue weighted by Gasteiger charge is -2.17. The fraction of sp³-hybridized carbons (Fsp3) is 0.385. The van der Waals surface area contributed by atoms with Crippen molar-refractivity contribution in [2.24, 2.45) is 0 Å². The second-order valence-electron chi connectivity index (χ2n) is 5.07. The third-order valence-corrected chi connectivity index (χ3v) is 2.93. The summed E-state index contributed by atoms with van der Waals surface area (Å²) in [6.07, 6.45) is 2.52. The average molecular weight is 248 g/mol. The van der Waals surface area contributed by atoms with Crippen molar-refractivity contribution < 1.29 is 10.0 Å². The molecule has 0 atom stereocenters. The zero-order valence-electron chi connectivity index (χ0n) is 10.5. The van der Waals surface area contributed by atoms with E-state index in [0.29, 0.717) is 13.0 Å². The standard InChI is InChI=1S/C13H16N2O3/c1-13(2,16)6-8-14-7-5-10-9-11(15(17)18)3-4-12(10)14/h3-5,7,9,16H,6,8H2,1-2H3. The van der Waals surface area contributed by atoms with Crippen molar-refractivity contribution in [3.63, 3.8) is 0 Å². The third kappa shape index (κ3) is 2.68. The Hall–Kier alpha value is -1.88. The van der Waals surface area contributed by atoms with Crippen LogP contribution in [0.4, 0.5) is 5.69 Å². The predicted molar refractivity (Wildman–Crippen MR) is 69.5 cm³/mol. The Morgan fingerprint density at radius 3 is 2.72 bits per heavy atom. The summed E-state index contributed by atoms with van der Waals surface area (Å²) in [5.74, 6) is 0. The maximum atomic E-state index is 10.7. The van der Waals surface area contributed by atoms with Crippen LogP contribution in [0.3, 0.4) is 0 Å². The maximum Gasteiger partial charge on any atom is 0.270 e. The monoisotopic (exact) mass is 248 g/mol. The van der Waals surface area contributed by atoms with Crippen LogP contribution in [0.2, 0.25) is 0 Å². The van der Waals surface area contributed by atoms with Crippen molar-refractivity contribution in [1.82, 2.24) is 4.57 Å². The first-order valence-corrected chi connectivity index (χ1v) is 5.82. The molecule has 18 heavy (non-hydrogen) atoms. The summed E-state index contributed by atoms with van der Waals surface area (Å²) in [6.45, 7) is 4.22. The number of nitro groups is 1. The number of aryl methyl sites for hydroxylation is 1. The van der Waals surface area contributed by atoms with Gasteiger partial charge >= 0.3 is 0 Å². The molecule has 0 bridgehead atoms. The van der Waals surface area contributed by atoms with E-state index in [1.807, 2.05) is 16.8 Å². The highest BCUT2D eigenvalue weighted by molar-refractivity contribution is 5.82. The highest BCUT2D eigenvalue weighted by atomic mass is 16.6. The maximum absolute atomic E-state index is 10.7. The van der Waals surface area contributed by atoms with Gasteiger partial charge in [-0.3, -0.25) is 10.1 Å². The van der Waals surface area contributed by atoms with E-state index in [9.17, 15) is 15.2 Å². The SMILES string of the molecule is CC(C)(O)CCn1ccc2cc([N+](=O)[O-])ccc21. The molecule has 0 saturated carbocycles. The number of aliphatic hydroxyl groups is 1. The number of non-ortho nitro benzene ring substituents is 1. The Kier molecular flexibility index (Phi) is 3.09. The van der Waals surface area contributed by atoms with Crippen LogP contribution in [0.15, 0.2) is 30.5 Å². The summed E-state index contributed by atoms with van der Waals surface area (Å²) >= 11 is 0. The number of nitro benzene ring substituents is 1. The molecule has 2 aromatic rings. The number of hydrogen-bond donors (Lipinski definition) is 1. The van der Waals surface area contributed by atoms with E-state index < -0.39 is 10.5 Å². The highest BCUT2D eigenvalue weighted by Gasteiger charge is 2.13. The van der Waals surface area contributed by atoms with Crippen LogP contribution in [0.1, 0.15) is 20.3 Å². The van der Waals surface area contributed by atoms with Crippen LogP contribution >= 0.6 is 0 Å². The van der Waals surface area contributed by atoms with Gasteiger partial charge in [-0.15, -0.1) is 0 Å². The molecule has 0 aliphatic rings. The molecule has 0 unspecified atom stereocenters. The van der Waals surface area contributed by atoms with Gasteiger partial charge in [-0.25, -0.2) is 0 Å². The van der Waals surface area contributed by atoms with Crippen molar-refractivity contribution in [3.8, 4) is 0 Å². The normalized spacial score (nSPS) is 11.9. The van der Waals surface area contributed by atoms with Crippen LogP contribution < -0.4 is 0 Å². The molecule has 1 aromatic heterocycles. The molecule has 0 fully saturated rings. The molecule has 1 heterocycles. The molecular formula is C13H16N2O3. The third-order valence-electron chi connectivity index (χ3n) is 2.93. The van der Waals surface area contributed by atoms with Gasteiger partial charge in [0.15, 0.2) is 0 Å². The van der Waals surface area contributed by atoms with Crippen molar-refractivity contribution in [2.75, 3.05) is 0 Å². The van der Waals surface area contributed by atoms with Crippen molar-refractivity contribution >= 4 is 16.6 Å². The van der Waals surface area contributed by atoms with Crippen LogP contribution in [0.5, 0.6) is 0 Å². The van der Waals surface area contributed by atoms with Crippen LogP contribution in [-0.2, 0) is 6.54 Å². The summed E-state index contributed by atoms with van der Waals surface area (Å²) in [5, 5.41) is 21.2. The van der Waals surface area contributed by atoms with Gasteiger partial charge in [-0.05, 0) is 32.4 Å². The van der Waals surface area contributed by atoms with Gasteiger partial charge in [0.25, 0.3) is 5.69 Å². The first-order chi connectivity index (χ1) is 8.37. The van der Waals surface area contributed by atoms with E-state index in [2.05, 4.69) is 0 Å². The van der Waals surface area contributed by atoms with Gasteiger partial charge in [0, 0.05) is 35.8 Å². The minimum absolute atomic E-state index is 0.0998. The van der Waals surface area contributed by atoms with Gasteiger partial charge in [-0.2, -0.15) is 0 Å². The van der Waals surface area contributed by atoms with E-state index in [1.54, 1.807) is 26.0 Å². The number of benzene rings is 1. The summed E-state index contributed by atoms with van der Waals surface area (Å²) in [6, 6.07) is 6.67. The second-order valence-corrected chi connectivity index (χ2v) is 5.07. The van der Waals surface area contributed by atoms with E-state index in [1.165, 1.54) is 6.07 Å². The van der Waals surface area contributed by atoms with Gasteiger partial charge in [0.2, 0.25) is 0 Å².